The molecule has 5 nitrogen and oxygen atoms in total. The predicted octanol–water partition coefficient (Wildman–Crippen LogP) is 5.04. The molecule has 166 valence electrons. The average molecular weight is 452 g/mol. The first kappa shape index (κ1) is 22.3. The number of carboxylic acids is 1. The van der Waals surface area contributed by atoms with Gasteiger partial charge in [0.2, 0.25) is 0 Å². The summed E-state index contributed by atoms with van der Waals surface area (Å²) in [7, 11) is 0. The molecule has 3 aromatic rings. The van der Waals surface area contributed by atoms with Crippen molar-refractivity contribution in [3.63, 3.8) is 0 Å². The highest BCUT2D eigenvalue weighted by molar-refractivity contribution is 6.30. The summed E-state index contributed by atoms with van der Waals surface area (Å²) >= 11 is 6.17. The summed E-state index contributed by atoms with van der Waals surface area (Å²) in [6.07, 6.45) is 0.597. The maximum atomic E-state index is 11.5. The van der Waals surface area contributed by atoms with Gasteiger partial charge >= 0.3 is 5.97 Å². The molecule has 0 atom stereocenters. The minimum Gasteiger partial charge on any atom is -0.491 e. The second-order valence-electron chi connectivity index (χ2n) is 7.93. The van der Waals surface area contributed by atoms with E-state index in [-0.39, 0.29) is 5.56 Å². The molecule has 4 rings (SSSR count). The van der Waals surface area contributed by atoms with Crippen LogP contribution in [0.5, 0.6) is 5.75 Å². The summed E-state index contributed by atoms with van der Waals surface area (Å²) in [6.45, 7) is 3.81. The number of rotatable bonds is 3. The standard InChI is InChI=1S/C26H26ClNO4/c27-24-6-2-5-21(15-24)18-28-9-10-31-11-12-32-25-8-7-22(26(29)30)16-23(25)14-19-3-1-4-20(13-19)17-28/h1-8,13,15-16H,9-12,14,17-18H2,(H,29,30). The van der Waals surface area contributed by atoms with E-state index in [1.165, 1.54) is 5.56 Å². The van der Waals surface area contributed by atoms with Gasteiger partial charge in [0.25, 0.3) is 0 Å². The van der Waals surface area contributed by atoms with E-state index in [1.807, 2.05) is 24.3 Å². The Kier molecular flexibility index (Phi) is 7.43. The number of aromatic carboxylic acids is 1. The van der Waals surface area contributed by atoms with Crippen LogP contribution in [0.3, 0.4) is 0 Å². The number of hydrogen-bond acceptors (Lipinski definition) is 4. The Morgan fingerprint density at radius 2 is 1.81 bits per heavy atom. The quantitative estimate of drug-likeness (QED) is 0.604. The van der Waals surface area contributed by atoms with E-state index in [9.17, 15) is 9.90 Å². The number of ether oxygens (including phenoxy) is 2. The van der Waals surface area contributed by atoms with Gasteiger partial charge in [0.15, 0.2) is 0 Å². The minimum absolute atomic E-state index is 0.258. The Balaban J connectivity index is 1.60. The molecule has 0 saturated heterocycles. The van der Waals surface area contributed by atoms with E-state index < -0.39 is 5.97 Å². The molecule has 0 radical (unpaired) electrons. The molecule has 0 amide bonds. The summed E-state index contributed by atoms with van der Waals surface area (Å²) in [4.78, 5) is 13.8. The summed E-state index contributed by atoms with van der Waals surface area (Å²) < 4.78 is 11.7. The number of halogens is 1. The van der Waals surface area contributed by atoms with Gasteiger partial charge in [0.05, 0.1) is 18.8 Å². The van der Waals surface area contributed by atoms with E-state index in [1.54, 1.807) is 18.2 Å². The van der Waals surface area contributed by atoms with Crippen molar-refractivity contribution < 1.29 is 19.4 Å². The Bertz CT molecular complexity index is 1080. The van der Waals surface area contributed by atoms with Crippen LogP contribution in [0.2, 0.25) is 5.02 Å². The zero-order valence-electron chi connectivity index (χ0n) is 17.8. The van der Waals surface area contributed by atoms with Crippen molar-refractivity contribution in [2.45, 2.75) is 19.5 Å². The van der Waals surface area contributed by atoms with Crippen LogP contribution < -0.4 is 4.74 Å². The van der Waals surface area contributed by atoms with Crippen LogP contribution in [0.4, 0.5) is 0 Å². The molecule has 0 fully saturated rings. The number of fused-ring (bicyclic) bond motifs is 3. The lowest BCUT2D eigenvalue weighted by molar-refractivity contribution is 0.0695. The fraction of sp³-hybridized carbons (Fsp3) is 0.269. The summed E-state index contributed by atoms with van der Waals surface area (Å²) in [5.41, 5.74) is 4.58. The van der Waals surface area contributed by atoms with Gasteiger partial charge in [-0.1, -0.05) is 48.0 Å². The molecule has 2 bridgehead atoms. The first-order valence-electron chi connectivity index (χ1n) is 10.7. The minimum atomic E-state index is -0.944. The van der Waals surface area contributed by atoms with Crippen LogP contribution in [-0.2, 0) is 24.2 Å². The van der Waals surface area contributed by atoms with E-state index in [2.05, 4.69) is 29.2 Å². The van der Waals surface area contributed by atoms with Crippen LogP contribution in [0, 0.1) is 0 Å². The predicted molar refractivity (Wildman–Crippen MR) is 125 cm³/mol. The highest BCUT2D eigenvalue weighted by Gasteiger charge is 2.13. The van der Waals surface area contributed by atoms with E-state index >= 15 is 0 Å². The Labute approximate surface area is 193 Å². The molecule has 32 heavy (non-hydrogen) atoms. The van der Waals surface area contributed by atoms with Crippen molar-refractivity contribution in [3.05, 3.63) is 99.6 Å². The number of hydrogen-bond donors (Lipinski definition) is 1. The Morgan fingerprint density at radius 3 is 2.66 bits per heavy atom. The van der Waals surface area contributed by atoms with Gasteiger partial charge in [-0.15, -0.1) is 0 Å². The molecule has 0 aliphatic carbocycles. The third-order valence-corrected chi connectivity index (χ3v) is 5.67. The Morgan fingerprint density at radius 1 is 0.969 bits per heavy atom. The summed E-state index contributed by atoms with van der Waals surface area (Å²) in [5, 5.41) is 10.1. The third-order valence-electron chi connectivity index (χ3n) is 5.43. The molecule has 0 saturated carbocycles. The van der Waals surface area contributed by atoms with E-state index in [0.717, 1.165) is 41.3 Å². The molecule has 6 heteroatoms. The van der Waals surface area contributed by atoms with Gasteiger partial charge in [-0.25, -0.2) is 4.79 Å². The molecule has 0 unspecified atom stereocenters. The molecule has 3 aromatic carbocycles. The SMILES string of the molecule is O=C(O)c1ccc2c(c1)Cc1cccc(c1)CN(Cc1cccc(Cl)c1)CCOCCO2. The van der Waals surface area contributed by atoms with Gasteiger partial charge in [-0.3, -0.25) is 4.90 Å². The molecule has 0 spiro atoms. The smallest absolute Gasteiger partial charge is 0.335 e. The first-order valence-corrected chi connectivity index (χ1v) is 11.1. The number of carboxylic acid groups (broad SMARTS) is 1. The van der Waals surface area contributed by atoms with Gasteiger partial charge in [-0.2, -0.15) is 0 Å². The third kappa shape index (κ3) is 6.10. The number of carbonyl (C=O) groups is 1. The topological polar surface area (TPSA) is 59.0 Å². The monoisotopic (exact) mass is 451 g/mol. The molecule has 1 aliphatic rings. The van der Waals surface area contributed by atoms with Crippen molar-refractivity contribution >= 4 is 17.6 Å². The van der Waals surface area contributed by atoms with Gasteiger partial charge in [0, 0.05) is 31.1 Å². The lowest BCUT2D eigenvalue weighted by Gasteiger charge is -2.23. The molecular weight excluding hydrogens is 426 g/mol. The van der Waals surface area contributed by atoms with Crippen LogP contribution in [-0.4, -0.2) is 42.3 Å². The second kappa shape index (κ2) is 10.6. The van der Waals surface area contributed by atoms with Crippen LogP contribution in [0.1, 0.15) is 32.6 Å². The van der Waals surface area contributed by atoms with E-state index in [4.69, 9.17) is 21.1 Å². The molecule has 1 heterocycles. The van der Waals surface area contributed by atoms with Crippen molar-refractivity contribution in [2.24, 2.45) is 0 Å². The lowest BCUT2D eigenvalue weighted by Crippen LogP contribution is -2.27. The van der Waals surface area contributed by atoms with Crippen molar-refractivity contribution in [2.75, 3.05) is 26.4 Å². The zero-order valence-corrected chi connectivity index (χ0v) is 18.6. The van der Waals surface area contributed by atoms with Crippen molar-refractivity contribution in [1.29, 1.82) is 0 Å². The Hall–Kier alpha value is -2.86. The van der Waals surface area contributed by atoms with Crippen LogP contribution in [0.25, 0.3) is 0 Å². The van der Waals surface area contributed by atoms with E-state index in [0.29, 0.717) is 32.0 Å². The maximum absolute atomic E-state index is 11.5. The maximum Gasteiger partial charge on any atom is 0.335 e. The molecule has 1 N–H and O–H groups in total. The molecule has 0 aromatic heterocycles. The van der Waals surface area contributed by atoms with Crippen LogP contribution in [0.15, 0.2) is 66.7 Å². The fourth-order valence-electron chi connectivity index (χ4n) is 3.92. The van der Waals surface area contributed by atoms with Crippen molar-refractivity contribution in [1.82, 2.24) is 4.90 Å². The zero-order chi connectivity index (χ0) is 22.3. The largest absolute Gasteiger partial charge is 0.491 e. The van der Waals surface area contributed by atoms with Gasteiger partial charge < -0.3 is 14.6 Å². The van der Waals surface area contributed by atoms with Gasteiger partial charge in [0.1, 0.15) is 12.4 Å². The van der Waals surface area contributed by atoms with Gasteiger partial charge in [-0.05, 0) is 52.6 Å². The summed E-state index contributed by atoms with van der Waals surface area (Å²) in [5.74, 6) is -0.246. The average Bonchev–Trinajstić information content (AvgIpc) is 2.76. The van der Waals surface area contributed by atoms with Crippen LogP contribution >= 0.6 is 11.6 Å². The summed E-state index contributed by atoms with van der Waals surface area (Å²) in [6, 6.07) is 21.4. The number of nitrogens with zero attached hydrogens (tertiary/aromatic N) is 1. The second-order valence-corrected chi connectivity index (χ2v) is 8.36. The van der Waals surface area contributed by atoms with Crippen molar-refractivity contribution in [3.8, 4) is 5.75 Å². The lowest BCUT2D eigenvalue weighted by atomic mass is 10.00. The highest BCUT2D eigenvalue weighted by Crippen LogP contribution is 2.25. The fourth-order valence-corrected chi connectivity index (χ4v) is 4.13. The molecule has 1 aliphatic heterocycles. The molecular formula is C26H26ClNO4. The highest BCUT2D eigenvalue weighted by atomic mass is 35.5. The number of benzene rings is 3. The first-order chi connectivity index (χ1) is 15.6. The normalized spacial score (nSPS) is 15.3.